The second-order valence-corrected chi connectivity index (χ2v) is 4.66. The SMILES string of the molecule is CCOc1ccc(C(=O)N/N=C/c2cc([N+](=O)[O-])ccc2O)cc1. The van der Waals surface area contributed by atoms with Gasteiger partial charge in [0.25, 0.3) is 11.6 Å². The first-order valence-corrected chi connectivity index (χ1v) is 7.05. The molecule has 2 rings (SSSR count). The van der Waals surface area contributed by atoms with Gasteiger partial charge in [0.1, 0.15) is 11.5 Å². The number of carbonyl (C=O) groups is 1. The smallest absolute Gasteiger partial charge is 0.271 e. The molecule has 8 nitrogen and oxygen atoms in total. The second kappa shape index (κ2) is 7.73. The molecule has 1 amide bonds. The van der Waals surface area contributed by atoms with Crippen LogP contribution in [0.25, 0.3) is 0 Å². The van der Waals surface area contributed by atoms with E-state index in [-0.39, 0.29) is 17.0 Å². The maximum absolute atomic E-state index is 11.9. The zero-order chi connectivity index (χ0) is 17.5. The Labute approximate surface area is 137 Å². The quantitative estimate of drug-likeness (QED) is 0.480. The zero-order valence-corrected chi connectivity index (χ0v) is 12.8. The molecular formula is C16H15N3O5. The molecule has 0 aliphatic heterocycles. The molecule has 2 aromatic carbocycles. The maximum Gasteiger partial charge on any atom is 0.271 e. The number of carbonyl (C=O) groups excluding carboxylic acids is 1. The molecule has 0 unspecified atom stereocenters. The molecule has 0 saturated carbocycles. The van der Waals surface area contributed by atoms with Gasteiger partial charge in [-0.1, -0.05) is 0 Å². The van der Waals surface area contributed by atoms with Crippen LogP contribution in [0.5, 0.6) is 11.5 Å². The topological polar surface area (TPSA) is 114 Å². The molecule has 0 bridgehead atoms. The summed E-state index contributed by atoms with van der Waals surface area (Å²) in [6, 6.07) is 10.0. The highest BCUT2D eigenvalue weighted by Gasteiger charge is 2.09. The third-order valence-corrected chi connectivity index (χ3v) is 3.02. The fourth-order valence-electron chi connectivity index (χ4n) is 1.85. The normalized spacial score (nSPS) is 10.5. The summed E-state index contributed by atoms with van der Waals surface area (Å²) < 4.78 is 5.28. The average Bonchev–Trinajstić information content (AvgIpc) is 2.57. The zero-order valence-electron chi connectivity index (χ0n) is 12.8. The van der Waals surface area contributed by atoms with Crippen LogP contribution in [0.3, 0.4) is 0 Å². The highest BCUT2D eigenvalue weighted by molar-refractivity contribution is 5.95. The lowest BCUT2D eigenvalue weighted by atomic mass is 10.2. The summed E-state index contributed by atoms with van der Waals surface area (Å²) in [7, 11) is 0. The fourth-order valence-corrected chi connectivity index (χ4v) is 1.85. The summed E-state index contributed by atoms with van der Waals surface area (Å²) in [4.78, 5) is 22.0. The highest BCUT2D eigenvalue weighted by Crippen LogP contribution is 2.21. The van der Waals surface area contributed by atoms with Crippen molar-refractivity contribution in [2.75, 3.05) is 6.61 Å². The van der Waals surface area contributed by atoms with E-state index in [0.717, 1.165) is 12.3 Å². The number of non-ortho nitro benzene ring substituents is 1. The number of hydrogen-bond donors (Lipinski definition) is 2. The molecular weight excluding hydrogens is 314 g/mol. The van der Waals surface area contributed by atoms with Gasteiger partial charge in [0.05, 0.1) is 17.7 Å². The lowest BCUT2D eigenvalue weighted by Gasteiger charge is -2.04. The number of rotatable bonds is 6. The van der Waals surface area contributed by atoms with E-state index >= 15 is 0 Å². The number of nitro groups is 1. The molecule has 2 N–H and O–H groups in total. The number of aromatic hydroxyl groups is 1. The van der Waals surface area contributed by atoms with E-state index in [1.54, 1.807) is 24.3 Å². The molecule has 0 heterocycles. The Morgan fingerprint density at radius 3 is 2.67 bits per heavy atom. The van der Waals surface area contributed by atoms with Crippen molar-refractivity contribution in [1.82, 2.24) is 5.43 Å². The van der Waals surface area contributed by atoms with E-state index in [2.05, 4.69) is 10.5 Å². The van der Waals surface area contributed by atoms with Gasteiger partial charge in [-0.3, -0.25) is 14.9 Å². The number of phenolic OH excluding ortho intramolecular Hbond substituents is 1. The lowest BCUT2D eigenvalue weighted by Crippen LogP contribution is -2.17. The van der Waals surface area contributed by atoms with E-state index in [0.29, 0.717) is 17.9 Å². The molecule has 124 valence electrons. The molecule has 24 heavy (non-hydrogen) atoms. The van der Waals surface area contributed by atoms with Crippen LogP contribution < -0.4 is 10.2 Å². The number of ether oxygens (including phenoxy) is 1. The first-order valence-electron chi connectivity index (χ1n) is 7.05. The summed E-state index contributed by atoms with van der Waals surface area (Å²) in [6.45, 7) is 2.39. The van der Waals surface area contributed by atoms with Crippen molar-refractivity contribution in [3.63, 3.8) is 0 Å². The van der Waals surface area contributed by atoms with Crippen LogP contribution >= 0.6 is 0 Å². The molecule has 0 aromatic heterocycles. The number of hydrogen-bond acceptors (Lipinski definition) is 6. The van der Waals surface area contributed by atoms with Crippen molar-refractivity contribution < 1.29 is 19.6 Å². The molecule has 0 atom stereocenters. The average molecular weight is 329 g/mol. The van der Waals surface area contributed by atoms with Gasteiger partial charge >= 0.3 is 0 Å². The van der Waals surface area contributed by atoms with Crippen LogP contribution in [0.4, 0.5) is 5.69 Å². The monoisotopic (exact) mass is 329 g/mol. The first-order chi connectivity index (χ1) is 11.5. The Morgan fingerprint density at radius 1 is 1.33 bits per heavy atom. The van der Waals surface area contributed by atoms with Crippen LogP contribution in [0.1, 0.15) is 22.8 Å². The van der Waals surface area contributed by atoms with E-state index in [1.165, 1.54) is 12.1 Å². The molecule has 0 fully saturated rings. The van der Waals surface area contributed by atoms with E-state index < -0.39 is 10.8 Å². The van der Waals surface area contributed by atoms with Gasteiger partial charge < -0.3 is 9.84 Å². The van der Waals surface area contributed by atoms with Crippen molar-refractivity contribution in [1.29, 1.82) is 0 Å². The Morgan fingerprint density at radius 2 is 2.04 bits per heavy atom. The Hall–Kier alpha value is -3.42. The maximum atomic E-state index is 11.9. The predicted octanol–water partition coefficient (Wildman–Crippen LogP) is 2.46. The molecule has 0 aliphatic rings. The van der Waals surface area contributed by atoms with Gasteiger partial charge in [0.2, 0.25) is 0 Å². The third kappa shape index (κ3) is 4.29. The molecule has 0 radical (unpaired) electrons. The van der Waals surface area contributed by atoms with Crippen LogP contribution in [0, 0.1) is 10.1 Å². The van der Waals surface area contributed by atoms with Crippen molar-refractivity contribution >= 4 is 17.8 Å². The summed E-state index contributed by atoms with van der Waals surface area (Å²) >= 11 is 0. The van der Waals surface area contributed by atoms with Crippen LogP contribution in [0.2, 0.25) is 0 Å². The highest BCUT2D eigenvalue weighted by atomic mass is 16.6. The van der Waals surface area contributed by atoms with Crippen LogP contribution in [-0.2, 0) is 0 Å². The van der Waals surface area contributed by atoms with Gasteiger partial charge in [-0.2, -0.15) is 5.10 Å². The van der Waals surface area contributed by atoms with E-state index in [9.17, 15) is 20.0 Å². The number of amides is 1. The van der Waals surface area contributed by atoms with Gasteiger partial charge in [0.15, 0.2) is 0 Å². The Balaban J connectivity index is 2.04. The number of phenols is 1. The number of nitrogens with zero attached hydrogens (tertiary/aromatic N) is 2. The molecule has 0 saturated heterocycles. The molecule has 8 heteroatoms. The van der Waals surface area contributed by atoms with Gasteiger partial charge in [0, 0.05) is 23.3 Å². The fraction of sp³-hybridized carbons (Fsp3) is 0.125. The van der Waals surface area contributed by atoms with E-state index in [4.69, 9.17) is 4.74 Å². The van der Waals surface area contributed by atoms with Crippen molar-refractivity contribution in [3.05, 3.63) is 63.7 Å². The largest absolute Gasteiger partial charge is 0.507 e. The lowest BCUT2D eigenvalue weighted by molar-refractivity contribution is -0.384. The number of nitrogens with one attached hydrogen (secondary N) is 1. The standard InChI is InChI=1S/C16H15N3O5/c1-2-24-14-6-3-11(4-7-14)16(21)18-17-10-12-9-13(19(22)23)5-8-15(12)20/h3-10,20H,2H2,1H3,(H,18,21)/b17-10+. The van der Waals surface area contributed by atoms with Gasteiger partial charge in [-0.25, -0.2) is 5.43 Å². The molecule has 0 aliphatic carbocycles. The van der Waals surface area contributed by atoms with Crippen molar-refractivity contribution in [2.24, 2.45) is 5.10 Å². The summed E-state index contributed by atoms with van der Waals surface area (Å²) in [6.07, 6.45) is 1.13. The van der Waals surface area contributed by atoms with E-state index in [1.807, 2.05) is 6.92 Å². The molecule has 0 spiro atoms. The number of nitro benzene ring substituents is 1. The number of benzene rings is 2. The van der Waals surface area contributed by atoms with Crippen LogP contribution in [0.15, 0.2) is 47.6 Å². The first kappa shape index (κ1) is 16.9. The Bertz CT molecular complexity index is 772. The Kier molecular flexibility index (Phi) is 5.45. The third-order valence-electron chi connectivity index (χ3n) is 3.02. The minimum Gasteiger partial charge on any atom is -0.507 e. The number of hydrazone groups is 1. The van der Waals surface area contributed by atoms with Crippen LogP contribution in [-0.4, -0.2) is 28.8 Å². The minimum absolute atomic E-state index is 0.121. The van der Waals surface area contributed by atoms with Gasteiger partial charge in [-0.05, 0) is 37.3 Å². The second-order valence-electron chi connectivity index (χ2n) is 4.66. The summed E-state index contributed by atoms with van der Waals surface area (Å²) in [5.41, 5.74) is 2.59. The molecule has 2 aromatic rings. The summed E-state index contributed by atoms with van der Waals surface area (Å²) in [5, 5.41) is 24.0. The summed E-state index contributed by atoms with van der Waals surface area (Å²) in [5.74, 6) is 0.0120. The predicted molar refractivity (Wildman–Crippen MR) is 87.4 cm³/mol. The minimum atomic E-state index is -0.588. The van der Waals surface area contributed by atoms with Gasteiger partial charge in [-0.15, -0.1) is 0 Å². The van der Waals surface area contributed by atoms with Crippen molar-refractivity contribution in [3.8, 4) is 11.5 Å². The van der Waals surface area contributed by atoms with Crippen molar-refractivity contribution in [2.45, 2.75) is 6.92 Å².